The zero-order valence-electron chi connectivity index (χ0n) is 9.53. The fourth-order valence-electron chi connectivity index (χ4n) is 1.74. The summed E-state index contributed by atoms with van der Waals surface area (Å²) in [5, 5.41) is 0.568. The molecule has 0 amide bonds. The largest absolute Gasteiger partial charge is 0.261 e. The molecule has 0 saturated heterocycles. The van der Waals surface area contributed by atoms with Crippen molar-refractivity contribution in [3.05, 3.63) is 64.4 Å². The summed E-state index contributed by atoms with van der Waals surface area (Å²) >= 11 is 12.5. The lowest BCUT2D eigenvalue weighted by Gasteiger charge is -2.12. The van der Waals surface area contributed by atoms with Gasteiger partial charge in [0.1, 0.15) is 0 Å². The van der Waals surface area contributed by atoms with Gasteiger partial charge in [-0.05, 0) is 30.2 Å². The summed E-state index contributed by atoms with van der Waals surface area (Å²) in [6.45, 7) is 2.04. The molecule has 1 aromatic carbocycles. The standard InChI is InChI=1S/C14H13Cl2N/c1-10-5-4-8-17-14(10)9-13(16)11-6-2-3-7-12(11)15/h2-8,13H,9H2,1H3. The molecule has 0 fully saturated rings. The first-order valence-electron chi connectivity index (χ1n) is 5.47. The van der Waals surface area contributed by atoms with Crippen molar-refractivity contribution >= 4 is 23.2 Å². The van der Waals surface area contributed by atoms with Crippen LogP contribution in [0.4, 0.5) is 0 Å². The molecule has 88 valence electrons. The molecule has 0 bridgehead atoms. The second-order valence-corrected chi connectivity index (χ2v) is 4.89. The van der Waals surface area contributed by atoms with Crippen LogP contribution in [-0.4, -0.2) is 4.98 Å². The van der Waals surface area contributed by atoms with Gasteiger partial charge in [-0.15, -0.1) is 11.6 Å². The highest BCUT2D eigenvalue weighted by atomic mass is 35.5. The summed E-state index contributed by atoms with van der Waals surface area (Å²) in [5.74, 6) is 0. The van der Waals surface area contributed by atoms with Gasteiger partial charge in [-0.1, -0.05) is 35.9 Å². The zero-order chi connectivity index (χ0) is 12.3. The molecular weight excluding hydrogens is 253 g/mol. The molecule has 0 aliphatic carbocycles. The van der Waals surface area contributed by atoms with Gasteiger partial charge in [0.05, 0.1) is 5.38 Å². The number of alkyl halides is 1. The minimum Gasteiger partial charge on any atom is -0.261 e. The molecule has 1 aromatic heterocycles. The molecule has 0 aliphatic heterocycles. The lowest BCUT2D eigenvalue weighted by atomic mass is 10.0. The smallest absolute Gasteiger partial charge is 0.0655 e. The van der Waals surface area contributed by atoms with Gasteiger partial charge in [0.15, 0.2) is 0 Å². The van der Waals surface area contributed by atoms with Crippen molar-refractivity contribution in [1.29, 1.82) is 0 Å². The summed E-state index contributed by atoms with van der Waals surface area (Å²) in [6, 6.07) is 11.6. The van der Waals surface area contributed by atoms with Crippen LogP contribution < -0.4 is 0 Å². The minimum absolute atomic E-state index is 0.141. The zero-order valence-corrected chi connectivity index (χ0v) is 11.0. The first-order chi connectivity index (χ1) is 8.18. The average Bonchev–Trinajstić information content (AvgIpc) is 2.32. The first-order valence-corrected chi connectivity index (χ1v) is 6.29. The van der Waals surface area contributed by atoms with E-state index in [0.29, 0.717) is 11.4 Å². The maximum Gasteiger partial charge on any atom is 0.0655 e. The van der Waals surface area contributed by atoms with Gasteiger partial charge in [0.2, 0.25) is 0 Å². The van der Waals surface area contributed by atoms with Crippen LogP contribution in [0, 0.1) is 6.92 Å². The molecule has 1 atom stereocenters. The molecule has 1 nitrogen and oxygen atoms in total. The highest BCUT2D eigenvalue weighted by Gasteiger charge is 2.13. The van der Waals surface area contributed by atoms with E-state index in [-0.39, 0.29) is 5.38 Å². The Bertz CT molecular complexity index is 511. The maximum atomic E-state index is 6.39. The molecule has 1 unspecified atom stereocenters. The molecule has 2 aromatic rings. The Morgan fingerprint density at radius 1 is 1.18 bits per heavy atom. The number of rotatable bonds is 3. The van der Waals surface area contributed by atoms with Gasteiger partial charge in [-0.25, -0.2) is 0 Å². The average molecular weight is 266 g/mol. The summed E-state index contributed by atoms with van der Waals surface area (Å²) < 4.78 is 0. The topological polar surface area (TPSA) is 12.9 Å². The van der Waals surface area contributed by atoms with Crippen molar-refractivity contribution in [2.45, 2.75) is 18.7 Å². The van der Waals surface area contributed by atoms with Gasteiger partial charge in [0.25, 0.3) is 0 Å². The van der Waals surface area contributed by atoms with Crippen molar-refractivity contribution in [2.75, 3.05) is 0 Å². The van der Waals surface area contributed by atoms with Crippen LogP contribution in [0.25, 0.3) is 0 Å². The van der Waals surface area contributed by atoms with Crippen LogP contribution in [0.1, 0.15) is 22.2 Å². The predicted molar refractivity (Wildman–Crippen MR) is 72.7 cm³/mol. The van der Waals surface area contributed by atoms with Crippen LogP contribution in [0.3, 0.4) is 0 Å². The second kappa shape index (κ2) is 5.52. The van der Waals surface area contributed by atoms with Crippen molar-refractivity contribution in [2.24, 2.45) is 0 Å². The maximum absolute atomic E-state index is 6.39. The summed E-state index contributed by atoms with van der Waals surface area (Å²) in [4.78, 5) is 4.35. The Morgan fingerprint density at radius 3 is 2.65 bits per heavy atom. The van der Waals surface area contributed by atoms with E-state index < -0.39 is 0 Å². The van der Waals surface area contributed by atoms with Gasteiger partial charge in [0, 0.05) is 23.3 Å². The monoisotopic (exact) mass is 265 g/mol. The molecule has 0 radical (unpaired) electrons. The molecule has 1 heterocycles. The summed E-state index contributed by atoms with van der Waals surface area (Å²) in [6.07, 6.45) is 2.48. The molecule has 2 rings (SSSR count). The van der Waals surface area contributed by atoms with Crippen LogP contribution in [0.15, 0.2) is 42.6 Å². The number of aryl methyl sites for hydroxylation is 1. The van der Waals surface area contributed by atoms with Crippen molar-refractivity contribution in [3.63, 3.8) is 0 Å². The van der Waals surface area contributed by atoms with Crippen LogP contribution in [-0.2, 0) is 6.42 Å². The quantitative estimate of drug-likeness (QED) is 0.742. The lowest BCUT2D eigenvalue weighted by molar-refractivity contribution is 0.870. The number of nitrogens with zero attached hydrogens (tertiary/aromatic N) is 1. The molecule has 0 N–H and O–H groups in total. The van der Waals surface area contributed by atoms with Gasteiger partial charge >= 0.3 is 0 Å². The summed E-state index contributed by atoms with van der Waals surface area (Å²) in [7, 11) is 0. The third-order valence-corrected chi connectivity index (χ3v) is 3.47. The number of pyridine rings is 1. The Labute approximate surface area is 111 Å². The van der Waals surface area contributed by atoms with Gasteiger partial charge in [-0.2, -0.15) is 0 Å². The van der Waals surface area contributed by atoms with E-state index in [1.165, 1.54) is 0 Å². The third kappa shape index (κ3) is 2.99. The summed E-state index contributed by atoms with van der Waals surface area (Å²) in [5.41, 5.74) is 3.14. The molecule has 0 saturated carbocycles. The fraction of sp³-hybridized carbons (Fsp3) is 0.214. The van der Waals surface area contributed by atoms with E-state index in [1.54, 1.807) is 6.20 Å². The van der Waals surface area contributed by atoms with Gasteiger partial charge < -0.3 is 0 Å². The molecule has 0 spiro atoms. The Balaban J connectivity index is 2.20. The highest BCUT2D eigenvalue weighted by molar-refractivity contribution is 6.32. The van der Waals surface area contributed by atoms with E-state index in [0.717, 1.165) is 16.8 Å². The van der Waals surface area contributed by atoms with E-state index >= 15 is 0 Å². The normalized spacial score (nSPS) is 12.4. The van der Waals surface area contributed by atoms with Crippen molar-refractivity contribution in [3.8, 4) is 0 Å². The van der Waals surface area contributed by atoms with Crippen molar-refractivity contribution in [1.82, 2.24) is 4.98 Å². The number of benzene rings is 1. The van der Waals surface area contributed by atoms with E-state index in [2.05, 4.69) is 4.98 Å². The Hall–Kier alpha value is -1.05. The molecule has 0 aliphatic rings. The highest BCUT2D eigenvalue weighted by Crippen LogP contribution is 2.30. The minimum atomic E-state index is -0.141. The first kappa shape index (κ1) is 12.4. The number of hydrogen-bond acceptors (Lipinski definition) is 1. The van der Waals surface area contributed by atoms with E-state index in [1.807, 2.05) is 43.3 Å². The van der Waals surface area contributed by atoms with Gasteiger partial charge in [-0.3, -0.25) is 4.98 Å². The van der Waals surface area contributed by atoms with Crippen molar-refractivity contribution < 1.29 is 0 Å². The number of aromatic nitrogens is 1. The number of halogens is 2. The second-order valence-electron chi connectivity index (χ2n) is 3.96. The Morgan fingerprint density at radius 2 is 1.94 bits per heavy atom. The van der Waals surface area contributed by atoms with E-state index in [9.17, 15) is 0 Å². The van der Waals surface area contributed by atoms with Crippen LogP contribution >= 0.6 is 23.2 Å². The third-order valence-electron chi connectivity index (χ3n) is 2.73. The lowest BCUT2D eigenvalue weighted by Crippen LogP contribution is -2.00. The van der Waals surface area contributed by atoms with Crippen LogP contribution in [0.5, 0.6) is 0 Å². The molecular formula is C14H13Cl2N. The Kier molecular flexibility index (Phi) is 4.03. The SMILES string of the molecule is Cc1cccnc1CC(Cl)c1ccccc1Cl. The predicted octanol–water partition coefficient (Wildman–Crippen LogP) is 4.57. The van der Waals surface area contributed by atoms with Crippen LogP contribution in [0.2, 0.25) is 5.02 Å². The number of hydrogen-bond donors (Lipinski definition) is 0. The van der Waals surface area contributed by atoms with E-state index in [4.69, 9.17) is 23.2 Å². The molecule has 3 heteroatoms. The fourth-order valence-corrected chi connectivity index (χ4v) is 2.40. The molecule has 17 heavy (non-hydrogen) atoms.